The molecule has 0 radical (unpaired) electrons. The SMILES string of the molecule is CC(=O)CNC(=O)C(CC(C)C)NC(=O)C(Cc1ccccc1)NC(=O)CNC(=O)CCC(NC(=O)CCC(NC(=O)OCC1c2ccccc2-c2ccccc21)C(=O)OC(C)(C)C)C(=O)NC(=O)NC(Cc1ccccc1)C(=O)NC(CC(C)C)C(=O)NCC(C)=O. The van der Waals surface area contributed by atoms with Gasteiger partial charge in [0, 0.05) is 31.6 Å². The number of nitrogens with one attached hydrogen (secondary N) is 10. The van der Waals surface area contributed by atoms with E-state index in [2.05, 4.69) is 53.2 Å². The molecule has 1 aliphatic rings. The highest BCUT2D eigenvalue weighted by Gasteiger charge is 2.35. The molecule has 0 saturated carbocycles. The maximum atomic E-state index is 14.3. The Balaban J connectivity index is 1.34. The van der Waals surface area contributed by atoms with Gasteiger partial charge in [0.25, 0.3) is 5.91 Å². The average molecular weight is 1290 g/mol. The summed E-state index contributed by atoms with van der Waals surface area (Å²) in [6, 6.07) is 23.3. The van der Waals surface area contributed by atoms with E-state index in [0.29, 0.717) is 11.1 Å². The summed E-state index contributed by atoms with van der Waals surface area (Å²) in [7, 11) is 0. The van der Waals surface area contributed by atoms with Gasteiger partial charge >= 0.3 is 18.1 Å². The molecule has 4 aromatic carbocycles. The fraction of sp³-hybridized carbons (Fsp3) is 0.456. The lowest BCUT2D eigenvalue weighted by molar-refractivity contribution is -0.157. The number of hydrogen-bond donors (Lipinski definition) is 10. The molecule has 25 nitrogen and oxygen atoms in total. The topological polar surface area (TPSA) is 361 Å². The van der Waals surface area contributed by atoms with Crippen LogP contribution in [0.3, 0.4) is 0 Å². The zero-order valence-electron chi connectivity index (χ0n) is 54.2. The van der Waals surface area contributed by atoms with Crippen molar-refractivity contribution in [3.05, 3.63) is 131 Å². The monoisotopic (exact) mass is 1280 g/mol. The smallest absolute Gasteiger partial charge is 0.407 e. The number of imide groups is 1. The quantitative estimate of drug-likeness (QED) is 0.0295. The van der Waals surface area contributed by atoms with Gasteiger partial charge in [-0.05, 0) is 106 Å². The zero-order valence-corrected chi connectivity index (χ0v) is 54.2. The van der Waals surface area contributed by atoms with Crippen molar-refractivity contribution >= 4 is 76.9 Å². The largest absolute Gasteiger partial charge is 0.458 e. The Labute approximate surface area is 541 Å². The van der Waals surface area contributed by atoms with Crippen LogP contribution in [0.4, 0.5) is 9.59 Å². The summed E-state index contributed by atoms with van der Waals surface area (Å²) in [6.07, 6.45) is -2.84. The molecule has 6 unspecified atom stereocenters. The van der Waals surface area contributed by atoms with Gasteiger partial charge in [-0.15, -0.1) is 0 Å². The highest BCUT2D eigenvalue weighted by Crippen LogP contribution is 2.44. The number of amides is 11. The van der Waals surface area contributed by atoms with E-state index in [1.165, 1.54) is 13.8 Å². The van der Waals surface area contributed by atoms with Gasteiger partial charge in [0.05, 0.1) is 19.6 Å². The third-order valence-electron chi connectivity index (χ3n) is 14.5. The number of ketones is 2. The second-order valence-electron chi connectivity index (χ2n) is 24.8. The van der Waals surface area contributed by atoms with Crippen LogP contribution in [0, 0.1) is 11.8 Å². The standard InChI is InChI=1S/C68H88N10O15/c1-40(2)32-53(60(84)70-36-42(5)79)74-63(87)55(34-44-20-12-10-13-21-44)73-59(83)38-69-57(81)30-28-51(62(86)78-66(90)76-56(35-45-22-14-11-15-23-45)64(88)75-54(33-41(3)4)61(85)71-37-43(6)80)72-58(82)31-29-52(65(89)93-68(7,8)9)77-67(91)92-39-50-48-26-18-16-24-46(48)47-25-17-19-27-49(47)50/h10-27,40-41,50-56H,28-39H2,1-9H3,(H,69,81)(H,70,84)(H,71,85)(H,72,82)(H,73,83)(H,74,87)(H,75,88)(H,77,91)(H2,76,78,86,90). The van der Waals surface area contributed by atoms with Crippen molar-refractivity contribution in [2.75, 3.05) is 26.2 Å². The third-order valence-corrected chi connectivity index (χ3v) is 14.5. The first-order valence-electron chi connectivity index (χ1n) is 31.1. The molecule has 0 saturated heterocycles. The van der Waals surface area contributed by atoms with Crippen LogP contribution in [0.15, 0.2) is 109 Å². The average Bonchev–Trinajstić information content (AvgIpc) is 1.62. The Hall–Kier alpha value is -9.81. The number of esters is 1. The summed E-state index contributed by atoms with van der Waals surface area (Å²) in [5.74, 6) is -8.56. The van der Waals surface area contributed by atoms with Crippen LogP contribution in [0.1, 0.15) is 129 Å². The minimum atomic E-state index is -1.70. The van der Waals surface area contributed by atoms with Gasteiger partial charge in [-0.3, -0.25) is 53.3 Å². The summed E-state index contributed by atoms with van der Waals surface area (Å²) >= 11 is 0. The normalized spacial score (nSPS) is 13.5. The lowest BCUT2D eigenvalue weighted by Gasteiger charge is -2.25. The molecule has 0 heterocycles. The molecule has 0 aromatic heterocycles. The minimum Gasteiger partial charge on any atom is -0.458 e. The van der Waals surface area contributed by atoms with Crippen molar-refractivity contribution in [1.29, 1.82) is 0 Å². The van der Waals surface area contributed by atoms with Crippen molar-refractivity contribution in [2.24, 2.45) is 11.8 Å². The van der Waals surface area contributed by atoms with E-state index in [1.807, 2.05) is 76.2 Å². The van der Waals surface area contributed by atoms with Crippen LogP contribution >= 0.6 is 0 Å². The number of ether oxygens (including phenoxy) is 2. The molecular formula is C68H88N10O15. The fourth-order valence-electron chi connectivity index (χ4n) is 10.1. The molecule has 11 amide bonds. The number of Topliss-reactive ketones (excluding diaryl/α,β-unsaturated/α-hetero) is 2. The van der Waals surface area contributed by atoms with Crippen molar-refractivity contribution in [3.63, 3.8) is 0 Å². The molecule has 1 aliphatic carbocycles. The second kappa shape index (κ2) is 36.3. The number of fused-ring (bicyclic) bond motifs is 3. The van der Waals surface area contributed by atoms with Gasteiger partial charge in [-0.25, -0.2) is 14.4 Å². The number of benzene rings is 4. The van der Waals surface area contributed by atoms with Gasteiger partial charge in [0.1, 0.15) is 60.0 Å². The molecule has 0 spiro atoms. The Kier molecular flexibility index (Phi) is 28.8. The number of hydrogen-bond acceptors (Lipinski definition) is 15. The van der Waals surface area contributed by atoms with E-state index in [0.717, 1.165) is 22.3 Å². The van der Waals surface area contributed by atoms with E-state index in [1.54, 1.807) is 81.4 Å². The van der Waals surface area contributed by atoms with E-state index < -0.39 is 139 Å². The summed E-state index contributed by atoms with van der Waals surface area (Å²) < 4.78 is 11.3. The summed E-state index contributed by atoms with van der Waals surface area (Å²) in [5.41, 5.74) is 4.04. The van der Waals surface area contributed by atoms with Gasteiger partial charge in [-0.1, -0.05) is 137 Å². The van der Waals surface area contributed by atoms with Gasteiger partial charge in [0.15, 0.2) is 0 Å². The highest BCUT2D eigenvalue weighted by atomic mass is 16.6. The molecule has 25 heteroatoms. The van der Waals surface area contributed by atoms with Crippen LogP contribution in [0.5, 0.6) is 0 Å². The van der Waals surface area contributed by atoms with E-state index in [-0.39, 0.29) is 74.7 Å². The zero-order chi connectivity index (χ0) is 68.4. The van der Waals surface area contributed by atoms with Crippen molar-refractivity contribution < 1.29 is 71.8 Å². The number of alkyl carbamates (subject to hydrolysis) is 1. The first kappa shape index (κ1) is 73.9. The Morgan fingerprint density at radius 2 is 0.882 bits per heavy atom. The molecule has 93 heavy (non-hydrogen) atoms. The van der Waals surface area contributed by atoms with Gasteiger partial charge < -0.3 is 57.3 Å². The number of carbonyl (C=O) groups is 13. The lowest BCUT2D eigenvalue weighted by Crippen LogP contribution is -2.58. The van der Waals surface area contributed by atoms with Crippen molar-refractivity contribution in [3.8, 4) is 11.1 Å². The van der Waals surface area contributed by atoms with Crippen LogP contribution < -0.4 is 53.2 Å². The predicted octanol–water partition coefficient (Wildman–Crippen LogP) is 4.03. The van der Waals surface area contributed by atoms with Crippen LogP contribution in [0.25, 0.3) is 11.1 Å². The Bertz CT molecular complexity index is 3250. The van der Waals surface area contributed by atoms with Gasteiger partial charge in [-0.2, -0.15) is 0 Å². The van der Waals surface area contributed by atoms with Crippen LogP contribution in [-0.4, -0.2) is 145 Å². The Morgan fingerprint density at radius 3 is 1.35 bits per heavy atom. The first-order chi connectivity index (χ1) is 44.0. The van der Waals surface area contributed by atoms with Crippen molar-refractivity contribution in [1.82, 2.24) is 53.2 Å². The molecule has 500 valence electrons. The predicted molar refractivity (Wildman–Crippen MR) is 344 cm³/mol. The van der Waals surface area contributed by atoms with E-state index in [4.69, 9.17) is 9.47 Å². The third kappa shape index (κ3) is 25.8. The number of urea groups is 1. The molecule has 10 N–H and O–H groups in total. The number of carbonyl (C=O) groups excluding carboxylic acids is 13. The minimum absolute atomic E-state index is 0.0282. The van der Waals surface area contributed by atoms with Gasteiger partial charge in [0.2, 0.25) is 41.4 Å². The lowest BCUT2D eigenvalue weighted by atomic mass is 9.98. The maximum absolute atomic E-state index is 14.3. The van der Waals surface area contributed by atoms with E-state index >= 15 is 0 Å². The highest BCUT2D eigenvalue weighted by molar-refractivity contribution is 6.01. The fourth-order valence-corrected chi connectivity index (χ4v) is 10.1. The van der Waals surface area contributed by atoms with Crippen LogP contribution in [0.2, 0.25) is 0 Å². The summed E-state index contributed by atoms with van der Waals surface area (Å²) in [6.45, 7) is 13.4. The summed E-state index contributed by atoms with van der Waals surface area (Å²) in [4.78, 5) is 174. The molecule has 5 rings (SSSR count). The molecule has 0 aliphatic heterocycles. The molecule has 0 fully saturated rings. The summed E-state index contributed by atoms with van der Waals surface area (Å²) in [5, 5.41) is 25.0. The van der Waals surface area contributed by atoms with Crippen LogP contribution in [-0.2, 0) is 75.1 Å². The molecule has 0 bridgehead atoms. The molecule has 6 atom stereocenters. The van der Waals surface area contributed by atoms with E-state index in [9.17, 15) is 62.3 Å². The Morgan fingerprint density at radius 1 is 0.441 bits per heavy atom. The van der Waals surface area contributed by atoms with Crippen molar-refractivity contribution in [2.45, 2.75) is 161 Å². The number of rotatable bonds is 34. The first-order valence-corrected chi connectivity index (χ1v) is 31.1. The molecular weight excluding hydrogens is 1200 g/mol. The maximum Gasteiger partial charge on any atom is 0.407 e. The molecule has 4 aromatic rings. The second-order valence-corrected chi connectivity index (χ2v) is 24.8.